The molecule has 1 fully saturated rings. The van der Waals surface area contributed by atoms with E-state index < -0.39 is 24.2 Å². The second-order valence-electron chi connectivity index (χ2n) is 5.55. The molecular formula is C13H25F3N2O. The van der Waals surface area contributed by atoms with Crippen LogP contribution in [0.2, 0.25) is 0 Å². The highest BCUT2D eigenvalue weighted by Crippen LogP contribution is 2.39. The molecule has 3 N–H and O–H groups in total. The zero-order valence-corrected chi connectivity index (χ0v) is 11.7. The molecule has 0 spiro atoms. The monoisotopic (exact) mass is 282 g/mol. The van der Waals surface area contributed by atoms with Crippen LogP contribution < -0.4 is 11.3 Å². The molecule has 1 unspecified atom stereocenters. The molecule has 1 aliphatic rings. The topological polar surface area (TPSA) is 47.3 Å². The highest BCUT2D eigenvalue weighted by atomic mass is 19.4. The minimum Gasteiger partial charge on any atom is -0.374 e. The maximum atomic E-state index is 12.4. The van der Waals surface area contributed by atoms with E-state index in [-0.39, 0.29) is 6.42 Å². The average molecular weight is 282 g/mol. The van der Waals surface area contributed by atoms with Crippen LogP contribution in [-0.4, -0.2) is 24.4 Å². The summed E-state index contributed by atoms with van der Waals surface area (Å²) in [6.07, 6.45) is -1.51. The third-order valence-corrected chi connectivity index (χ3v) is 4.11. The lowest BCUT2D eigenvalue weighted by atomic mass is 9.74. The Bertz CT molecular complexity index is 263. The number of rotatable bonds is 6. The Labute approximate surface area is 113 Å². The summed E-state index contributed by atoms with van der Waals surface area (Å²) >= 11 is 0. The van der Waals surface area contributed by atoms with E-state index in [0.29, 0.717) is 12.5 Å². The van der Waals surface area contributed by atoms with Crippen LogP contribution in [-0.2, 0) is 4.74 Å². The maximum absolute atomic E-state index is 12.4. The third kappa shape index (κ3) is 4.93. The van der Waals surface area contributed by atoms with Gasteiger partial charge in [-0.25, -0.2) is 0 Å². The minimum absolute atomic E-state index is 0.0334. The van der Waals surface area contributed by atoms with Gasteiger partial charge in [0.1, 0.15) is 0 Å². The van der Waals surface area contributed by atoms with Crippen molar-refractivity contribution in [3.8, 4) is 0 Å². The number of hydrazine groups is 1. The zero-order valence-electron chi connectivity index (χ0n) is 11.7. The molecule has 1 aliphatic carbocycles. The first-order valence-electron chi connectivity index (χ1n) is 7.00. The number of nitrogens with two attached hydrogens (primary N) is 1. The van der Waals surface area contributed by atoms with Gasteiger partial charge in [-0.05, 0) is 44.9 Å². The Balaban J connectivity index is 2.71. The van der Waals surface area contributed by atoms with E-state index in [4.69, 9.17) is 10.6 Å². The largest absolute Gasteiger partial charge is 0.389 e. The van der Waals surface area contributed by atoms with E-state index in [0.717, 1.165) is 25.7 Å². The van der Waals surface area contributed by atoms with Gasteiger partial charge in [0, 0.05) is 13.0 Å². The summed E-state index contributed by atoms with van der Waals surface area (Å²) in [5.74, 6) is 6.09. The summed E-state index contributed by atoms with van der Waals surface area (Å²) in [5.41, 5.74) is 2.02. The van der Waals surface area contributed by atoms with Gasteiger partial charge in [-0.1, -0.05) is 6.92 Å². The summed E-state index contributed by atoms with van der Waals surface area (Å²) in [7, 11) is 0. The Kier molecular flexibility index (Phi) is 6.08. The van der Waals surface area contributed by atoms with Crippen molar-refractivity contribution in [2.24, 2.45) is 11.8 Å². The lowest BCUT2D eigenvalue weighted by molar-refractivity contribution is -0.146. The molecular weight excluding hydrogens is 257 g/mol. The van der Waals surface area contributed by atoms with Crippen molar-refractivity contribution < 1.29 is 17.9 Å². The third-order valence-electron chi connectivity index (χ3n) is 4.11. The normalized spacial score (nSPS) is 30.3. The fourth-order valence-corrected chi connectivity index (χ4v) is 2.94. The lowest BCUT2D eigenvalue weighted by Gasteiger charge is -2.44. The summed E-state index contributed by atoms with van der Waals surface area (Å²) in [6.45, 7) is 4.53. The van der Waals surface area contributed by atoms with E-state index in [1.165, 1.54) is 0 Å². The van der Waals surface area contributed by atoms with Gasteiger partial charge < -0.3 is 4.74 Å². The Morgan fingerprint density at radius 1 is 1.37 bits per heavy atom. The molecule has 0 saturated heterocycles. The molecule has 0 amide bonds. The number of hydrogen-bond donors (Lipinski definition) is 2. The molecule has 1 rings (SSSR count). The molecule has 0 heterocycles. The van der Waals surface area contributed by atoms with E-state index in [1.807, 2.05) is 6.92 Å². The average Bonchev–Trinajstić information content (AvgIpc) is 2.32. The van der Waals surface area contributed by atoms with Crippen LogP contribution in [0.1, 0.15) is 52.4 Å². The van der Waals surface area contributed by atoms with Gasteiger partial charge in [-0.15, -0.1) is 0 Å². The first-order chi connectivity index (χ1) is 8.83. The van der Waals surface area contributed by atoms with Crippen molar-refractivity contribution in [3.63, 3.8) is 0 Å². The van der Waals surface area contributed by atoms with Gasteiger partial charge in [0.15, 0.2) is 0 Å². The first kappa shape index (κ1) is 16.7. The van der Waals surface area contributed by atoms with Gasteiger partial charge in [0.25, 0.3) is 0 Å². The SMILES string of the molecule is CCOC1(C(CCC(F)(F)F)NN)CCC(C)CC1. The number of alkyl halides is 3. The van der Waals surface area contributed by atoms with Crippen LogP contribution >= 0.6 is 0 Å². The Morgan fingerprint density at radius 3 is 2.37 bits per heavy atom. The molecule has 1 atom stereocenters. The molecule has 0 aromatic heterocycles. The molecule has 0 bridgehead atoms. The van der Waals surface area contributed by atoms with Gasteiger partial charge in [-0.3, -0.25) is 11.3 Å². The maximum Gasteiger partial charge on any atom is 0.389 e. The van der Waals surface area contributed by atoms with Crippen molar-refractivity contribution in [1.29, 1.82) is 0 Å². The molecule has 0 radical (unpaired) electrons. The van der Waals surface area contributed by atoms with Crippen molar-refractivity contribution in [1.82, 2.24) is 5.43 Å². The molecule has 3 nitrogen and oxygen atoms in total. The van der Waals surface area contributed by atoms with Crippen LogP contribution in [0, 0.1) is 5.92 Å². The highest BCUT2D eigenvalue weighted by molar-refractivity contribution is 4.96. The summed E-state index contributed by atoms with van der Waals surface area (Å²) in [4.78, 5) is 0. The second-order valence-corrected chi connectivity index (χ2v) is 5.55. The van der Waals surface area contributed by atoms with Crippen molar-refractivity contribution in [2.75, 3.05) is 6.61 Å². The quantitative estimate of drug-likeness (QED) is 0.581. The fourth-order valence-electron chi connectivity index (χ4n) is 2.94. The summed E-state index contributed by atoms with van der Waals surface area (Å²) in [5, 5.41) is 0. The van der Waals surface area contributed by atoms with Gasteiger partial charge >= 0.3 is 6.18 Å². The number of hydrogen-bond acceptors (Lipinski definition) is 3. The van der Waals surface area contributed by atoms with Crippen LogP contribution in [0.15, 0.2) is 0 Å². The van der Waals surface area contributed by atoms with Gasteiger partial charge in [0.2, 0.25) is 0 Å². The van der Waals surface area contributed by atoms with Crippen LogP contribution in [0.5, 0.6) is 0 Å². The lowest BCUT2D eigenvalue weighted by Crippen LogP contribution is -2.56. The molecule has 0 aromatic carbocycles. The standard InChI is InChI=1S/C13H25F3N2O/c1-3-19-12(7-4-10(2)5-8-12)11(18-17)6-9-13(14,15)16/h10-11,18H,3-9,17H2,1-2H3. The van der Waals surface area contributed by atoms with Crippen molar-refractivity contribution in [2.45, 2.75) is 70.2 Å². The van der Waals surface area contributed by atoms with E-state index in [2.05, 4.69) is 12.3 Å². The van der Waals surface area contributed by atoms with E-state index >= 15 is 0 Å². The van der Waals surface area contributed by atoms with Crippen LogP contribution in [0.3, 0.4) is 0 Å². The van der Waals surface area contributed by atoms with Crippen LogP contribution in [0.25, 0.3) is 0 Å². The van der Waals surface area contributed by atoms with Gasteiger partial charge in [-0.2, -0.15) is 13.2 Å². The molecule has 114 valence electrons. The van der Waals surface area contributed by atoms with Gasteiger partial charge in [0.05, 0.1) is 11.6 Å². The highest BCUT2D eigenvalue weighted by Gasteiger charge is 2.43. The number of ether oxygens (including phenoxy) is 1. The first-order valence-corrected chi connectivity index (χ1v) is 7.00. The van der Waals surface area contributed by atoms with E-state index in [1.54, 1.807) is 0 Å². The predicted molar refractivity (Wildman–Crippen MR) is 68.4 cm³/mol. The predicted octanol–water partition coefficient (Wildman–Crippen LogP) is 3.15. The molecule has 19 heavy (non-hydrogen) atoms. The van der Waals surface area contributed by atoms with E-state index in [9.17, 15) is 13.2 Å². The molecule has 0 aromatic rings. The van der Waals surface area contributed by atoms with Crippen LogP contribution in [0.4, 0.5) is 13.2 Å². The zero-order chi connectivity index (χ0) is 14.5. The number of nitrogens with one attached hydrogen (secondary N) is 1. The smallest absolute Gasteiger partial charge is 0.374 e. The molecule has 1 saturated carbocycles. The number of halogens is 3. The van der Waals surface area contributed by atoms with Crippen molar-refractivity contribution in [3.05, 3.63) is 0 Å². The molecule has 6 heteroatoms. The van der Waals surface area contributed by atoms with Crippen molar-refractivity contribution >= 4 is 0 Å². The summed E-state index contributed by atoms with van der Waals surface area (Å²) in [6, 6.07) is -0.443. The Morgan fingerprint density at radius 2 is 1.95 bits per heavy atom. The Hall–Kier alpha value is -0.330. The summed E-state index contributed by atoms with van der Waals surface area (Å²) < 4.78 is 43.0. The second kappa shape index (κ2) is 6.90. The molecule has 0 aliphatic heterocycles. The fraction of sp³-hybridized carbons (Fsp3) is 1.00. The minimum atomic E-state index is -4.15.